The SMILES string of the molecule is Cc1n[nH]c(=O)c(C(=O)NCC(C)(O)C(=O)O)c1C. The van der Waals surface area contributed by atoms with Crippen LogP contribution in [0.3, 0.4) is 0 Å². The number of H-pyrrole nitrogens is 1. The van der Waals surface area contributed by atoms with Gasteiger partial charge in [0.1, 0.15) is 5.56 Å². The molecular weight excluding hydrogens is 254 g/mol. The first-order chi connectivity index (χ1) is 8.66. The molecule has 1 aromatic rings. The summed E-state index contributed by atoms with van der Waals surface area (Å²) in [6.07, 6.45) is 0. The summed E-state index contributed by atoms with van der Waals surface area (Å²) in [4.78, 5) is 34.1. The minimum absolute atomic E-state index is 0.145. The van der Waals surface area contributed by atoms with E-state index in [-0.39, 0.29) is 5.56 Å². The van der Waals surface area contributed by atoms with Crippen LogP contribution in [0.15, 0.2) is 4.79 Å². The highest BCUT2D eigenvalue weighted by Gasteiger charge is 2.31. The van der Waals surface area contributed by atoms with Crippen molar-refractivity contribution in [3.05, 3.63) is 27.2 Å². The first-order valence-electron chi connectivity index (χ1n) is 5.46. The molecule has 0 saturated carbocycles. The molecular formula is C11H15N3O5. The van der Waals surface area contributed by atoms with Gasteiger partial charge in [-0.1, -0.05) is 0 Å². The molecule has 0 fully saturated rings. The average Bonchev–Trinajstić information content (AvgIpc) is 2.32. The van der Waals surface area contributed by atoms with Crippen LogP contribution in [-0.4, -0.2) is 44.4 Å². The lowest BCUT2D eigenvalue weighted by atomic mass is 10.1. The van der Waals surface area contributed by atoms with Gasteiger partial charge in [-0.2, -0.15) is 5.10 Å². The number of carboxylic acids is 1. The van der Waals surface area contributed by atoms with Crippen LogP contribution in [0.2, 0.25) is 0 Å². The van der Waals surface area contributed by atoms with Gasteiger partial charge in [-0.3, -0.25) is 9.59 Å². The predicted octanol–water partition coefficient (Wildman–Crippen LogP) is -1.05. The number of aromatic nitrogens is 2. The highest BCUT2D eigenvalue weighted by Crippen LogP contribution is 2.06. The van der Waals surface area contributed by atoms with E-state index < -0.39 is 29.6 Å². The quantitative estimate of drug-likeness (QED) is 0.551. The molecule has 8 heteroatoms. The Balaban J connectivity index is 2.95. The highest BCUT2D eigenvalue weighted by molar-refractivity contribution is 5.95. The summed E-state index contributed by atoms with van der Waals surface area (Å²) in [6, 6.07) is 0. The molecule has 1 aromatic heterocycles. The zero-order chi connectivity index (χ0) is 14.8. The standard InChI is InChI=1S/C11H15N3O5/c1-5-6(2)13-14-9(16)7(5)8(15)12-4-11(3,19)10(17)18/h19H,4H2,1-3H3,(H,12,15)(H,14,16)(H,17,18). The fraction of sp³-hybridized carbons (Fsp3) is 0.455. The number of aryl methyl sites for hydroxylation is 1. The van der Waals surface area contributed by atoms with Crippen LogP contribution >= 0.6 is 0 Å². The van der Waals surface area contributed by atoms with Gasteiger partial charge in [-0.05, 0) is 26.3 Å². The van der Waals surface area contributed by atoms with E-state index in [1.165, 1.54) is 0 Å². The van der Waals surface area contributed by atoms with Crippen molar-refractivity contribution in [3.63, 3.8) is 0 Å². The number of carbonyl (C=O) groups excluding carboxylic acids is 1. The summed E-state index contributed by atoms with van der Waals surface area (Å²) < 4.78 is 0. The minimum Gasteiger partial charge on any atom is -0.479 e. The van der Waals surface area contributed by atoms with Crippen molar-refractivity contribution in [2.24, 2.45) is 0 Å². The van der Waals surface area contributed by atoms with Crippen molar-refractivity contribution in [2.75, 3.05) is 6.54 Å². The minimum atomic E-state index is -2.10. The van der Waals surface area contributed by atoms with Crippen molar-refractivity contribution in [1.82, 2.24) is 15.5 Å². The molecule has 104 valence electrons. The maximum Gasteiger partial charge on any atom is 0.337 e. The molecule has 0 spiro atoms. The summed E-state index contributed by atoms with van der Waals surface area (Å²) in [5, 5.41) is 26.2. The van der Waals surface area contributed by atoms with Crippen molar-refractivity contribution in [2.45, 2.75) is 26.4 Å². The lowest BCUT2D eigenvalue weighted by Crippen LogP contribution is -2.47. The Morgan fingerprint density at radius 2 is 2.00 bits per heavy atom. The van der Waals surface area contributed by atoms with Crippen molar-refractivity contribution in [1.29, 1.82) is 0 Å². The molecule has 4 N–H and O–H groups in total. The number of rotatable bonds is 4. The first kappa shape index (κ1) is 14.8. The fourth-order valence-corrected chi connectivity index (χ4v) is 1.32. The smallest absolute Gasteiger partial charge is 0.337 e. The Hall–Kier alpha value is -2.22. The van der Waals surface area contributed by atoms with Gasteiger partial charge in [0.25, 0.3) is 11.5 Å². The van der Waals surface area contributed by atoms with E-state index in [2.05, 4.69) is 15.5 Å². The number of aliphatic hydroxyl groups is 1. The number of hydrogen-bond acceptors (Lipinski definition) is 5. The fourth-order valence-electron chi connectivity index (χ4n) is 1.32. The summed E-state index contributed by atoms with van der Waals surface area (Å²) in [5.41, 5.74) is -2.03. The van der Waals surface area contributed by atoms with E-state index in [0.29, 0.717) is 11.3 Å². The van der Waals surface area contributed by atoms with Gasteiger partial charge in [-0.15, -0.1) is 0 Å². The molecule has 1 atom stereocenters. The van der Waals surface area contributed by atoms with Gasteiger partial charge >= 0.3 is 5.97 Å². The maximum atomic E-state index is 11.8. The Bertz CT molecular complexity index is 576. The second-order valence-electron chi connectivity index (χ2n) is 4.40. The van der Waals surface area contributed by atoms with Crippen LogP contribution in [0.4, 0.5) is 0 Å². The van der Waals surface area contributed by atoms with Gasteiger partial charge in [-0.25, -0.2) is 9.89 Å². The molecule has 1 heterocycles. The molecule has 8 nitrogen and oxygen atoms in total. The van der Waals surface area contributed by atoms with Crippen LogP contribution in [-0.2, 0) is 4.79 Å². The van der Waals surface area contributed by atoms with E-state index in [4.69, 9.17) is 5.11 Å². The highest BCUT2D eigenvalue weighted by atomic mass is 16.4. The number of carbonyl (C=O) groups is 2. The third-order valence-corrected chi connectivity index (χ3v) is 2.75. The van der Waals surface area contributed by atoms with Crippen LogP contribution in [0.25, 0.3) is 0 Å². The molecule has 0 aliphatic rings. The lowest BCUT2D eigenvalue weighted by molar-refractivity contribution is -0.155. The van der Waals surface area contributed by atoms with Gasteiger partial charge in [0.2, 0.25) is 0 Å². The second kappa shape index (κ2) is 5.19. The van der Waals surface area contributed by atoms with Crippen LogP contribution < -0.4 is 10.9 Å². The van der Waals surface area contributed by atoms with Crippen molar-refractivity contribution >= 4 is 11.9 Å². The van der Waals surface area contributed by atoms with Gasteiger partial charge in [0.05, 0.1) is 12.2 Å². The molecule has 19 heavy (non-hydrogen) atoms. The Morgan fingerprint density at radius 3 is 2.53 bits per heavy atom. The number of carboxylic acid groups (broad SMARTS) is 1. The van der Waals surface area contributed by atoms with Gasteiger partial charge < -0.3 is 15.5 Å². The number of nitrogens with zero attached hydrogens (tertiary/aromatic N) is 1. The van der Waals surface area contributed by atoms with Gasteiger partial charge in [0.15, 0.2) is 5.60 Å². The Morgan fingerprint density at radius 1 is 1.42 bits per heavy atom. The van der Waals surface area contributed by atoms with E-state index >= 15 is 0 Å². The van der Waals surface area contributed by atoms with Crippen LogP contribution in [0, 0.1) is 13.8 Å². The molecule has 0 aliphatic carbocycles. The zero-order valence-electron chi connectivity index (χ0n) is 10.8. The summed E-state index contributed by atoms with van der Waals surface area (Å²) >= 11 is 0. The summed E-state index contributed by atoms with van der Waals surface area (Å²) in [5.74, 6) is -2.23. The molecule has 0 bridgehead atoms. The molecule has 0 saturated heterocycles. The second-order valence-corrected chi connectivity index (χ2v) is 4.40. The number of aliphatic carboxylic acids is 1. The van der Waals surface area contributed by atoms with Crippen LogP contribution in [0.5, 0.6) is 0 Å². The molecule has 1 amide bonds. The molecule has 0 radical (unpaired) electrons. The summed E-state index contributed by atoms with van der Waals surface area (Å²) in [6.45, 7) is 3.71. The number of nitrogens with one attached hydrogen (secondary N) is 2. The molecule has 0 aliphatic heterocycles. The first-order valence-corrected chi connectivity index (χ1v) is 5.46. The molecule has 1 rings (SSSR count). The third kappa shape index (κ3) is 3.16. The van der Waals surface area contributed by atoms with Crippen molar-refractivity contribution in [3.8, 4) is 0 Å². The van der Waals surface area contributed by atoms with Crippen LogP contribution in [0.1, 0.15) is 28.5 Å². The molecule has 0 aromatic carbocycles. The van der Waals surface area contributed by atoms with E-state index in [1.54, 1.807) is 13.8 Å². The van der Waals surface area contributed by atoms with E-state index in [1.807, 2.05) is 0 Å². The maximum absolute atomic E-state index is 11.8. The van der Waals surface area contributed by atoms with Gasteiger partial charge in [0, 0.05) is 0 Å². The van der Waals surface area contributed by atoms with Crippen molar-refractivity contribution < 1.29 is 19.8 Å². The van der Waals surface area contributed by atoms with E-state index in [0.717, 1.165) is 6.92 Å². The lowest BCUT2D eigenvalue weighted by Gasteiger charge is -2.18. The monoisotopic (exact) mass is 269 g/mol. The number of amides is 1. The Labute approximate surface area is 108 Å². The average molecular weight is 269 g/mol. The normalized spacial score (nSPS) is 13.7. The number of hydrogen-bond donors (Lipinski definition) is 4. The molecule has 1 unspecified atom stereocenters. The number of aromatic amines is 1. The third-order valence-electron chi connectivity index (χ3n) is 2.75. The topological polar surface area (TPSA) is 132 Å². The largest absolute Gasteiger partial charge is 0.479 e. The Kier molecular flexibility index (Phi) is 4.05. The zero-order valence-corrected chi connectivity index (χ0v) is 10.8. The summed E-state index contributed by atoms with van der Waals surface area (Å²) in [7, 11) is 0. The predicted molar refractivity (Wildman–Crippen MR) is 64.9 cm³/mol. The van der Waals surface area contributed by atoms with E-state index in [9.17, 15) is 19.5 Å².